The summed E-state index contributed by atoms with van der Waals surface area (Å²) >= 11 is 0. The Morgan fingerprint density at radius 3 is 1.74 bits per heavy atom. The van der Waals surface area contributed by atoms with Gasteiger partial charge in [0.25, 0.3) is 0 Å². The number of aryl methyl sites for hydroxylation is 6. The van der Waals surface area contributed by atoms with Gasteiger partial charge in [0.05, 0.1) is 11.9 Å². The summed E-state index contributed by atoms with van der Waals surface area (Å²) in [5.74, 6) is 0. The largest absolute Gasteiger partial charge is 0.294 e. The summed E-state index contributed by atoms with van der Waals surface area (Å²) in [6.45, 7) is 14.2. The van der Waals surface area contributed by atoms with Crippen LogP contribution in [0.15, 0.2) is 36.7 Å². The average Bonchev–Trinajstić information content (AvgIpc) is 2.85. The van der Waals surface area contributed by atoms with Crippen LogP contribution in [0.3, 0.4) is 0 Å². The first-order valence-corrected chi connectivity index (χ1v) is 8.33. The number of hydrogen-bond donors (Lipinski definition) is 1. The highest BCUT2D eigenvalue weighted by molar-refractivity contribution is 5.62. The predicted octanol–water partition coefficient (Wildman–Crippen LogP) is 4.00. The number of benzene rings is 2. The summed E-state index contributed by atoms with van der Waals surface area (Å²) in [7, 11) is 0. The maximum atomic E-state index is 2.39. The van der Waals surface area contributed by atoms with Crippen molar-refractivity contribution >= 4 is 11.4 Å². The average molecular weight is 307 g/mol. The van der Waals surface area contributed by atoms with E-state index in [1.165, 1.54) is 49.7 Å². The summed E-state index contributed by atoms with van der Waals surface area (Å²) in [6, 6.07) is 9.12. The molecule has 0 saturated carbocycles. The molecule has 1 aliphatic rings. The van der Waals surface area contributed by atoms with E-state index in [0.717, 1.165) is 6.67 Å². The Balaban J connectivity index is 1.93. The van der Waals surface area contributed by atoms with Crippen LogP contribution in [0, 0.1) is 41.5 Å². The molecule has 1 aliphatic heterocycles. The molecular weight excluding hydrogens is 280 g/mol. The third-order valence-corrected chi connectivity index (χ3v) is 4.72. The fourth-order valence-electron chi connectivity index (χ4n) is 4.10. The van der Waals surface area contributed by atoms with Crippen molar-refractivity contribution in [1.82, 2.24) is 0 Å². The van der Waals surface area contributed by atoms with E-state index in [-0.39, 0.29) is 0 Å². The van der Waals surface area contributed by atoms with Crippen LogP contribution in [-0.4, -0.2) is 6.67 Å². The third-order valence-electron chi connectivity index (χ3n) is 4.72. The Morgan fingerprint density at radius 2 is 1.22 bits per heavy atom. The lowest BCUT2D eigenvalue weighted by Crippen LogP contribution is -3.02. The molecule has 0 spiro atoms. The molecule has 0 amide bonds. The van der Waals surface area contributed by atoms with Gasteiger partial charge >= 0.3 is 0 Å². The minimum atomic E-state index is 0.954. The van der Waals surface area contributed by atoms with E-state index in [1.54, 1.807) is 0 Å². The lowest BCUT2D eigenvalue weighted by atomic mass is 10.0. The van der Waals surface area contributed by atoms with Crippen LogP contribution in [-0.2, 0) is 0 Å². The highest BCUT2D eigenvalue weighted by Gasteiger charge is 2.25. The molecule has 2 aromatic carbocycles. The van der Waals surface area contributed by atoms with Crippen LogP contribution in [0.4, 0.5) is 11.4 Å². The molecule has 0 fully saturated rings. The van der Waals surface area contributed by atoms with Gasteiger partial charge in [-0.1, -0.05) is 35.4 Å². The molecule has 2 heteroatoms. The van der Waals surface area contributed by atoms with Crippen molar-refractivity contribution in [2.45, 2.75) is 41.5 Å². The Bertz CT molecular complexity index is 675. The molecule has 2 nitrogen and oxygen atoms in total. The van der Waals surface area contributed by atoms with Crippen LogP contribution in [0.25, 0.3) is 0 Å². The quantitative estimate of drug-likeness (QED) is 0.881. The summed E-state index contributed by atoms with van der Waals surface area (Å²) in [5.41, 5.74) is 10.9. The molecule has 1 atom stereocenters. The van der Waals surface area contributed by atoms with Gasteiger partial charge in [-0.3, -0.25) is 9.80 Å². The van der Waals surface area contributed by atoms with Gasteiger partial charge in [0.2, 0.25) is 0 Å². The number of rotatable bonds is 2. The zero-order valence-corrected chi connectivity index (χ0v) is 15.1. The molecule has 1 unspecified atom stereocenters. The van der Waals surface area contributed by atoms with Crippen LogP contribution >= 0.6 is 0 Å². The van der Waals surface area contributed by atoms with Crippen LogP contribution in [0.5, 0.6) is 0 Å². The maximum Gasteiger partial charge on any atom is 0.166 e. The summed E-state index contributed by atoms with van der Waals surface area (Å²) < 4.78 is 0. The van der Waals surface area contributed by atoms with E-state index in [9.17, 15) is 0 Å². The molecule has 0 aromatic heterocycles. The Kier molecular flexibility index (Phi) is 4.03. The first kappa shape index (κ1) is 15.8. The van der Waals surface area contributed by atoms with E-state index in [1.807, 2.05) is 0 Å². The second-order valence-electron chi connectivity index (χ2n) is 6.99. The molecule has 0 aliphatic carbocycles. The van der Waals surface area contributed by atoms with Gasteiger partial charge in [0.1, 0.15) is 11.9 Å². The molecular formula is C21H27N2+. The van der Waals surface area contributed by atoms with E-state index >= 15 is 0 Å². The number of hydrogen-bond acceptors (Lipinski definition) is 1. The zero-order valence-electron chi connectivity index (χ0n) is 15.1. The predicted molar refractivity (Wildman–Crippen MR) is 98.4 cm³/mol. The molecule has 0 bridgehead atoms. The number of nitrogens with one attached hydrogen (secondary N) is 1. The molecule has 2 aromatic rings. The molecule has 3 rings (SSSR count). The van der Waals surface area contributed by atoms with Gasteiger partial charge in [-0.2, -0.15) is 0 Å². The second kappa shape index (κ2) is 5.86. The van der Waals surface area contributed by atoms with E-state index in [4.69, 9.17) is 0 Å². The summed E-state index contributed by atoms with van der Waals surface area (Å²) in [6.07, 6.45) is 4.52. The maximum absolute atomic E-state index is 2.39. The first-order valence-electron chi connectivity index (χ1n) is 8.33. The van der Waals surface area contributed by atoms with Crippen LogP contribution in [0.2, 0.25) is 0 Å². The Labute approximate surface area is 140 Å². The lowest BCUT2D eigenvalue weighted by Gasteiger charge is -2.23. The van der Waals surface area contributed by atoms with Gasteiger partial charge < -0.3 is 0 Å². The highest BCUT2D eigenvalue weighted by Crippen LogP contribution is 2.27. The van der Waals surface area contributed by atoms with Gasteiger partial charge in [0.15, 0.2) is 6.67 Å². The van der Waals surface area contributed by atoms with Crippen molar-refractivity contribution < 1.29 is 4.90 Å². The Morgan fingerprint density at radius 1 is 0.739 bits per heavy atom. The fourth-order valence-corrected chi connectivity index (χ4v) is 4.10. The second-order valence-corrected chi connectivity index (χ2v) is 6.99. The Hall–Kier alpha value is -2.06. The molecule has 1 heterocycles. The number of quaternary nitrogens is 1. The third kappa shape index (κ3) is 2.91. The van der Waals surface area contributed by atoms with Gasteiger partial charge in [-0.05, 0) is 52.7 Å². The van der Waals surface area contributed by atoms with E-state index < -0.39 is 0 Å². The molecule has 23 heavy (non-hydrogen) atoms. The minimum Gasteiger partial charge on any atom is -0.294 e. The lowest BCUT2D eigenvalue weighted by molar-refractivity contribution is -0.768. The molecule has 1 N–H and O–H groups in total. The smallest absolute Gasteiger partial charge is 0.166 e. The number of nitrogens with zero attached hydrogens (tertiary/aromatic N) is 1. The van der Waals surface area contributed by atoms with Gasteiger partial charge in [-0.25, -0.2) is 0 Å². The van der Waals surface area contributed by atoms with Crippen molar-refractivity contribution in [3.05, 3.63) is 70.0 Å². The van der Waals surface area contributed by atoms with Crippen LogP contribution < -0.4 is 9.80 Å². The summed E-state index contributed by atoms with van der Waals surface area (Å²) in [5, 5.41) is 0. The normalized spacial score (nSPS) is 17.1. The molecule has 0 radical (unpaired) electrons. The highest BCUT2D eigenvalue weighted by atomic mass is 15.3. The minimum absolute atomic E-state index is 0.954. The van der Waals surface area contributed by atoms with Crippen molar-refractivity contribution in [3.63, 3.8) is 0 Å². The van der Waals surface area contributed by atoms with E-state index in [0.29, 0.717) is 0 Å². The first-order chi connectivity index (χ1) is 10.9. The topological polar surface area (TPSA) is 7.68 Å². The van der Waals surface area contributed by atoms with Gasteiger partial charge in [-0.15, -0.1) is 0 Å². The van der Waals surface area contributed by atoms with Crippen molar-refractivity contribution in [2.24, 2.45) is 0 Å². The van der Waals surface area contributed by atoms with Crippen molar-refractivity contribution in [1.29, 1.82) is 0 Å². The van der Waals surface area contributed by atoms with Crippen molar-refractivity contribution in [3.8, 4) is 0 Å². The molecule has 120 valence electrons. The number of anilines is 1. The summed E-state index contributed by atoms with van der Waals surface area (Å²) in [4.78, 5) is 3.80. The monoisotopic (exact) mass is 307 g/mol. The van der Waals surface area contributed by atoms with E-state index in [2.05, 4.69) is 83.1 Å². The molecule has 0 saturated heterocycles. The van der Waals surface area contributed by atoms with Gasteiger partial charge in [0, 0.05) is 11.1 Å². The van der Waals surface area contributed by atoms with Crippen molar-refractivity contribution in [2.75, 3.05) is 11.6 Å². The van der Waals surface area contributed by atoms with Crippen LogP contribution in [0.1, 0.15) is 33.4 Å². The zero-order chi connectivity index (χ0) is 16.7. The SMILES string of the molecule is Cc1cc(C)c(N2C=C[NH+](c3c(C)cc(C)cc3C)C2)c(C)c1. The standard InChI is InChI=1S/C21H26N2/c1-14-9-16(3)20(17(4)10-14)22-7-8-23(13-22)21-18(5)11-15(2)12-19(21)6/h7-12H,13H2,1-6H3/p+1. The fraction of sp³-hybridized carbons (Fsp3) is 0.333.